The van der Waals surface area contributed by atoms with Crippen molar-refractivity contribution in [3.05, 3.63) is 91.2 Å². The average molecular weight is 510 g/mol. The van der Waals surface area contributed by atoms with Crippen molar-refractivity contribution in [2.75, 3.05) is 20.3 Å². The summed E-state index contributed by atoms with van der Waals surface area (Å²) in [5.41, 5.74) is 0.961. The van der Waals surface area contributed by atoms with Gasteiger partial charge in [-0.05, 0) is 60.9 Å². The Labute approximate surface area is 209 Å². The molecule has 10 heteroatoms. The minimum Gasteiger partial charge on any atom is -0.497 e. The predicted molar refractivity (Wildman–Crippen MR) is 135 cm³/mol. The highest BCUT2D eigenvalue weighted by atomic mass is 32.1. The van der Waals surface area contributed by atoms with E-state index >= 15 is 0 Å². The summed E-state index contributed by atoms with van der Waals surface area (Å²) in [5, 5.41) is 0.449. The number of halogens is 1. The number of hydrogen-bond donors (Lipinski definition) is 0. The molecule has 0 saturated heterocycles. The monoisotopic (exact) mass is 509 g/mol. The van der Waals surface area contributed by atoms with E-state index in [1.165, 1.54) is 35.6 Å². The number of hydrogen-bond acceptors (Lipinski definition) is 6. The summed E-state index contributed by atoms with van der Waals surface area (Å²) >= 11 is 1.34. The largest absolute Gasteiger partial charge is 0.497 e. The van der Waals surface area contributed by atoms with Crippen LogP contribution in [0.3, 0.4) is 0 Å². The summed E-state index contributed by atoms with van der Waals surface area (Å²) in [6.45, 7) is 2.94. The van der Waals surface area contributed by atoms with E-state index < -0.39 is 23.2 Å². The maximum Gasteiger partial charge on any atom is 0.410 e. The number of ether oxygens (including phenoxy) is 2. The first kappa shape index (κ1) is 23.8. The van der Waals surface area contributed by atoms with Gasteiger partial charge in [-0.3, -0.25) is 9.36 Å². The fourth-order valence-corrected chi connectivity index (χ4v) is 5.83. The highest BCUT2D eigenvalue weighted by Crippen LogP contribution is 2.34. The van der Waals surface area contributed by atoms with Gasteiger partial charge in [0.05, 0.1) is 37.9 Å². The number of carbonyl (C=O) groups is 1. The van der Waals surface area contributed by atoms with Crippen LogP contribution < -0.4 is 16.0 Å². The second kappa shape index (κ2) is 9.62. The van der Waals surface area contributed by atoms with Crippen LogP contribution in [0.5, 0.6) is 5.75 Å². The molecule has 2 aromatic heterocycles. The predicted octanol–water partition coefficient (Wildman–Crippen LogP) is 3.92. The van der Waals surface area contributed by atoms with Crippen molar-refractivity contribution >= 4 is 27.6 Å². The standard InChI is InChI=1S/C26H24FN3O5S/c1-3-35-26(33)28-12-11-20-21(15-28)36-24-22(20)23(31)30(18-9-7-17(27)8-10-18)25(32)29(24)14-16-5-4-6-19(13-16)34-2/h4-10,13H,3,11-12,14-15H2,1-2H3. The van der Waals surface area contributed by atoms with E-state index in [1.54, 1.807) is 23.5 Å². The van der Waals surface area contributed by atoms with E-state index in [1.807, 2.05) is 24.3 Å². The molecule has 2 aromatic carbocycles. The van der Waals surface area contributed by atoms with Gasteiger partial charge >= 0.3 is 11.8 Å². The number of nitrogens with zero attached hydrogens (tertiary/aromatic N) is 3. The summed E-state index contributed by atoms with van der Waals surface area (Å²) in [4.78, 5) is 42.8. The molecular formula is C26H24FN3O5S. The third-order valence-corrected chi connectivity index (χ3v) is 7.45. The van der Waals surface area contributed by atoms with Crippen LogP contribution in [-0.2, 0) is 24.2 Å². The molecule has 0 fully saturated rings. The molecule has 1 aliphatic rings. The summed E-state index contributed by atoms with van der Waals surface area (Å²) < 4.78 is 26.7. The number of fused-ring (bicyclic) bond motifs is 3. The van der Waals surface area contributed by atoms with Gasteiger partial charge in [0.25, 0.3) is 5.56 Å². The minimum absolute atomic E-state index is 0.203. The Morgan fingerprint density at radius 3 is 2.64 bits per heavy atom. The van der Waals surface area contributed by atoms with Gasteiger partial charge in [-0.2, -0.15) is 0 Å². The van der Waals surface area contributed by atoms with Crippen molar-refractivity contribution < 1.29 is 18.7 Å². The zero-order valence-corrected chi connectivity index (χ0v) is 20.6. The summed E-state index contributed by atoms with van der Waals surface area (Å²) in [5.74, 6) is 0.191. The van der Waals surface area contributed by atoms with E-state index in [0.717, 1.165) is 20.6 Å². The fourth-order valence-electron chi connectivity index (χ4n) is 4.49. The molecule has 0 spiro atoms. The Kier molecular flexibility index (Phi) is 6.36. The highest BCUT2D eigenvalue weighted by molar-refractivity contribution is 7.18. The summed E-state index contributed by atoms with van der Waals surface area (Å²) in [6.07, 6.45) is 0.0579. The van der Waals surface area contributed by atoms with Gasteiger partial charge < -0.3 is 14.4 Å². The fraction of sp³-hybridized carbons (Fsp3) is 0.269. The van der Waals surface area contributed by atoms with Crippen molar-refractivity contribution in [1.29, 1.82) is 0 Å². The smallest absolute Gasteiger partial charge is 0.410 e. The van der Waals surface area contributed by atoms with Crippen LogP contribution in [0.1, 0.15) is 22.9 Å². The number of amides is 1. The lowest BCUT2D eigenvalue weighted by molar-refractivity contribution is 0.103. The van der Waals surface area contributed by atoms with Crippen LogP contribution in [0.2, 0.25) is 0 Å². The lowest BCUT2D eigenvalue weighted by Gasteiger charge is -2.25. The van der Waals surface area contributed by atoms with Crippen LogP contribution in [0.25, 0.3) is 15.9 Å². The molecule has 1 aliphatic heterocycles. The van der Waals surface area contributed by atoms with E-state index in [2.05, 4.69) is 0 Å². The van der Waals surface area contributed by atoms with Crippen molar-refractivity contribution in [1.82, 2.24) is 14.0 Å². The van der Waals surface area contributed by atoms with E-state index in [0.29, 0.717) is 35.5 Å². The van der Waals surface area contributed by atoms with Crippen LogP contribution in [0, 0.1) is 5.82 Å². The second-order valence-electron chi connectivity index (χ2n) is 8.39. The Balaban J connectivity index is 1.72. The van der Waals surface area contributed by atoms with Crippen LogP contribution in [0.15, 0.2) is 58.1 Å². The Hall–Kier alpha value is -3.92. The van der Waals surface area contributed by atoms with Gasteiger partial charge in [0.2, 0.25) is 0 Å². The average Bonchev–Trinajstić information content (AvgIpc) is 3.27. The molecule has 0 unspecified atom stereocenters. The molecule has 0 bridgehead atoms. The number of thiophene rings is 1. The van der Waals surface area contributed by atoms with Crippen molar-refractivity contribution in [2.45, 2.75) is 26.4 Å². The quantitative estimate of drug-likeness (QED) is 0.407. The van der Waals surface area contributed by atoms with Gasteiger partial charge in [0, 0.05) is 11.4 Å². The third-order valence-electron chi connectivity index (χ3n) is 6.21. The topological polar surface area (TPSA) is 82.8 Å². The zero-order valence-electron chi connectivity index (χ0n) is 19.8. The normalized spacial score (nSPS) is 13.0. The maximum atomic E-state index is 13.7. The first-order valence-corrected chi connectivity index (χ1v) is 12.3. The summed E-state index contributed by atoms with van der Waals surface area (Å²) in [6, 6.07) is 12.6. The van der Waals surface area contributed by atoms with Gasteiger partial charge in [-0.1, -0.05) is 12.1 Å². The van der Waals surface area contributed by atoms with E-state index in [-0.39, 0.29) is 18.8 Å². The molecule has 3 heterocycles. The second-order valence-corrected chi connectivity index (χ2v) is 9.48. The van der Waals surface area contributed by atoms with Crippen LogP contribution >= 0.6 is 11.3 Å². The first-order chi connectivity index (χ1) is 17.4. The van der Waals surface area contributed by atoms with Crippen molar-refractivity contribution in [2.24, 2.45) is 0 Å². The Morgan fingerprint density at radius 2 is 1.92 bits per heavy atom. The lowest BCUT2D eigenvalue weighted by Crippen LogP contribution is -2.39. The van der Waals surface area contributed by atoms with Gasteiger partial charge in [0.1, 0.15) is 16.4 Å². The zero-order chi connectivity index (χ0) is 25.4. The third kappa shape index (κ3) is 4.17. The molecule has 36 heavy (non-hydrogen) atoms. The summed E-state index contributed by atoms with van der Waals surface area (Å²) in [7, 11) is 1.57. The Bertz CT molecular complexity index is 1570. The van der Waals surface area contributed by atoms with E-state index in [9.17, 15) is 18.8 Å². The molecule has 0 atom stereocenters. The molecular weight excluding hydrogens is 485 g/mol. The van der Waals surface area contributed by atoms with Crippen LogP contribution in [0.4, 0.5) is 9.18 Å². The SMILES string of the molecule is CCOC(=O)N1CCc2c(sc3c2c(=O)n(-c2ccc(F)cc2)c(=O)n3Cc2cccc(OC)c2)C1. The molecule has 0 saturated carbocycles. The number of aromatic nitrogens is 2. The molecule has 4 aromatic rings. The number of benzene rings is 2. The van der Waals surface area contributed by atoms with Crippen LogP contribution in [-0.4, -0.2) is 40.4 Å². The molecule has 1 amide bonds. The molecule has 8 nitrogen and oxygen atoms in total. The molecule has 5 rings (SSSR count). The van der Waals surface area contributed by atoms with E-state index in [4.69, 9.17) is 9.47 Å². The number of methoxy groups -OCH3 is 1. The molecule has 0 radical (unpaired) electrons. The first-order valence-electron chi connectivity index (χ1n) is 11.5. The van der Waals surface area contributed by atoms with Crippen molar-refractivity contribution in [3.8, 4) is 11.4 Å². The Morgan fingerprint density at radius 1 is 1.14 bits per heavy atom. The molecule has 186 valence electrons. The van der Waals surface area contributed by atoms with Crippen molar-refractivity contribution in [3.63, 3.8) is 0 Å². The molecule has 0 N–H and O–H groups in total. The number of rotatable bonds is 5. The highest BCUT2D eigenvalue weighted by Gasteiger charge is 2.29. The molecule has 0 aliphatic carbocycles. The minimum atomic E-state index is -0.525. The lowest BCUT2D eigenvalue weighted by atomic mass is 10.1. The van der Waals surface area contributed by atoms with Gasteiger partial charge in [-0.25, -0.2) is 18.5 Å². The maximum absolute atomic E-state index is 13.7. The number of carbonyl (C=O) groups excluding carboxylic acids is 1. The van der Waals surface area contributed by atoms with Gasteiger partial charge in [-0.15, -0.1) is 11.3 Å². The van der Waals surface area contributed by atoms with Gasteiger partial charge in [0.15, 0.2) is 0 Å².